The molecule has 1 aliphatic carbocycles. The van der Waals surface area contributed by atoms with Crippen LogP contribution in [0.2, 0.25) is 0 Å². The molecule has 0 radical (unpaired) electrons. The number of benzene rings is 1. The van der Waals surface area contributed by atoms with E-state index >= 15 is 0 Å². The summed E-state index contributed by atoms with van der Waals surface area (Å²) >= 11 is 0. The first-order valence-corrected chi connectivity index (χ1v) is 6.95. The number of nitrogens with zero attached hydrogens (tertiary/aromatic N) is 2. The largest absolute Gasteiger partial charge is 0.383 e. The van der Waals surface area contributed by atoms with Crippen molar-refractivity contribution in [3.8, 4) is 0 Å². The van der Waals surface area contributed by atoms with E-state index in [1.54, 1.807) is 13.2 Å². The quantitative estimate of drug-likeness (QED) is 0.585. The molecule has 0 atom stereocenters. The molecule has 0 aliphatic heterocycles. The minimum absolute atomic E-state index is 0.164. The summed E-state index contributed by atoms with van der Waals surface area (Å²) in [5.74, 6) is 0. The minimum Gasteiger partial charge on any atom is -0.383 e. The van der Waals surface area contributed by atoms with E-state index in [-0.39, 0.29) is 10.6 Å². The summed E-state index contributed by atoms with van der Waals surface area (Å²) in [6.07, 6.45) is 2.18. The second kappa shape index (κ2) is 6.56. The van der Waals surface area contributed by atoms with E-state index in [2.05, 4.69) is 10.2 Å². The van der Waals surface area contributed by atoms with Gasteiger partial charge in [-0.15, -0.1) is 0 Å². The lowest BCUT2D eigenvalue weighted by Gasteiger charge is -2.24. The van der Waals surface area contributed by atoms with Crippen LogP contribution in [0.5, 0.6) is 0 Å². The molecule has 1 aliphatic rings. The van der Waals surface area contributed by atoms with Gasteiger partial charge in [0, 0.05) is 26.2 Å². The van der Waals surface area contributed by atoms with Gasteiger partial charge in [-0.2, -0.15) is 0 Å². The van der Waals surface area contributed by atoms with Crippen molar-refractivity contribution in [1.29, 1.82) is 0 Å². The van der Waals surface area contributed by atoms with E-state index in [9.17, 15) is 10.1 Å². The fourth-order valence-corrected chi connectivity index (χ4v) is 2.36. The van der Waals surface area contributed by atoms with Gasteiger partial charge in [0.1, 0.15) is 11.4 Å². The molecule has 1 saturated carbocycles. The second-order valence-electron chi connectivity index (χ2n) is 4.88. The van der Waals surface area contributed by atoms with E-state index < -0.39 is 0 Å². The Balaban J connectivity index is 2.36. The molecule has 110 valence electrons. The lowest BCUT2D eigenvalue weighted by Crippen LogP contribution is -2.30. The third-order valence-electron chi connectivity index (χ3n) is 3.40. The molecule has 0 spiro atoms. The topological polar surface area (TPSA) is 67.6 Å². The fraction of sp³-hybridized carbons (Fsp3) is 0.571. The first-order chi connectivity index (χ1) is 9.69. The summed E-state index contributed by atoms with van der Waals surface area (Å²) in [6, 6.07) is 5.85. The molecular formula is C14H21N3O3. The van der Waals surface area contributed by atoms with Crippen LogP contribution < -0.4 is 10.2 Å². The van der Waals surface area contributed by atoms with Crippen molar-refractivity contribution < 1.29 is 9.66 Å². The van der Waals surface area contributed by atoms with Crippen LogP contribution in [0.15, 0.2) is 18.2 Å². The first kappa shape index (κ1) is 14.6. The van der Waals surface area contributed by atoms with E-state index in [0.717, 1.165) is 12.8 Å². The Kier molecular flexibility index (Phi) is 4.79. The summed E-state index contributed by atoms with van der Waals surface area (Å²) in [4.78, 5) is 13.2. The van der Waals surface area contributed by atoms with Gasteiger partial charge in [-0.3, -0.25) is 10.1 Å². The molecule has 1 fully saturated rings. The maximum Gasteiger partial charge on any atom is 0.315 e. The van der Waals surface area contributed by atoms with Gasteiger partial charge in [0.05, 0.1) is 11.5 Å². The molecule has 1 aromatic rings. The van der Waals surface area contributed by atoms with Crippen molar-refractivity contribution in [2.75, 3.05) is 37.0 Å². The number of methoxy groups -OCH3 is 1. The number of nitro benzene ring substituents is 1. The fourth-order valence-electron chi connectivity index (χ4n) is 2.36. The van der Waals surface area contributed by atoms with Crippen molar-refractivity contribution in [1.82, 2.24) is 0 Å². The normalized spacial score (nSPS) is 14.1. The van der Waals surface area contributed by atoms with Crippen LogP contribution in [0.4, 0.5) is 17.1 Å². The monoisotopic (exact) mass is 279 g/mol. The number of anilines is 2. The molecule has 1 N–H and O–H groups in total. The SMILES string of the molecule is CCNc1cccc(N(CCOC)C2CC2)c1[N+](=O)[O-]. The minimum atomic E-state index is -0.296. The summed E-state index contributed by atoms with van der Waals surface area (Å²) in [6.45, 7) is 3.84. The van der Waals surface area contributed by atoms with Crippen LogP contribution in [0, 0.1) is 10.1 Å². The van der Waals surface area contributed by atoms with Crippen molar-refractivity contribution in [2.45, 2.75) is 25.8 Å². The van der Waals surface area contributed by atoms with Gasteiger partial charge in [0.25, 0.3) is 0 Å². The Labute approximate surface area is 118 Å². The first-order valence-electron chi connectivity index (χ1n) is 6.95. The maximum absolute atomic E-state index is 11.4. The van der Waals surface area contributed by atoms with Gasteiger partial charge in [-0.05, 0) is 31.9 Å². The number of para-hydroxylation sites is 1. The third-order valence-corrected chi connectivity index (χ3v) is 3.40. The zero-order valence-corrected chi connectivity index (χ0v) is 12.0. The van der Waals surface area contributed by atoms with Gasteiger partial charge >= 0.3 is 5.69 Å². The van der Waals surface area contributed by atoms with Crippen LogP contribution in [0.25, 0.3) is 0 Å². The lowest BCUT2D eigenvalue weighted by atomic mass is 10.2. The molecule has 0 aromatic heterocycles. The standard InChI is InChI=1S/C14H21N3O3/c1-3-15-12-5-4-6-13(14(12)17(18)19)16(9-10-20-2)11-7-8-11/h4-6,11,15H,3,7-10H2,1-2H3. The molecule has 0 saturated heterocycles. The Hall–Kier alpha value is -1.82. The highest BCUT2D eigenvalue weighted by molar-refractivity contribution is 5.77. The average molecular weight is 279 g/mol. The Morgan fingerprint density at radius 2 is 2.25 bits per heavy atom. The number of rotatable bonds is 8. The molecule has 0 unspecified atom stereocenters. The molecule has 0 heterocycles. The van der Waals surface area contributed by atoms with E-state index in [1.165, 1.54) is 0 Å². The predicted octanol–water partition coefficient (Wildman–Crippen LogP) is 2.64. The zero-order chi connectivity index (χ0) is 14.5. The second-order valence-corrected chi connectivity index (χ2v) is 4.88. The highest BCUT2D eigenvalue weighted by Gasteiger charge is 2.33. The van der Waals surface area contributed by atoms with Crippen LogP contribution in [-0.2, 0) is 4.74 Å². The summed E-state index contributed by atoms with van der Waals surface area (Å²) in [7, 11) is 1.65. The maximum atomic E-state index is 11.4. The molecule has 0 bridgehead atoms. The van der Waals surface area contributed by atoms with E-state index in [0.29, 0.717) is 37.1 Å². The number of nitrogens with one attached hydrogen (secondary N) is 1. The highest BCUT2D eigenvalue weighted by Crippen LogP contribution is 2.40. The van der Waals surface area contributed by atoms with Gasteiger partial charge in [-0.25, -0.2) is 0 Å². The smallest absolute Gasteiger partial charge is 0.315 e. The Bertz CT molecular complexity index is 475. The van der Waals surface area contributed by atoms with Crippen molar-refractivity contribution in [3.63, 3.8) is 0 Å². The molecule has 6 heteroatoms. The summed E-state index contributed by atoms with van der Waals surface area (Å²) < 4.78 is 5.12. The van der Waals surface area contributed by atoms with Crippen LogP contribution in [-0.4, -0.2) is 37.8 Å². The average Bonchev–Trinajstić information content (AvgIpc) is 3.24. The molecule has 20 heavy (non-hydrogen) atoms. The molecule has 6 nitrogen and oxygen atoms in total. The van der Waals surface area contributed by atoms with E-state index in [1.807, 2.05) is 19.1 Å². The van der Waals surface area contributed by atoms with Gasteiger partial charge in [-0.1, -0.05) is 6.07 Å². The zero-order valence-electron chi connectivity index (χ0n) is 12.0. The Morgan fingerprint density at radius 3 is 2.80 bits per heavy atom. The number of hydrogen-bond acceptors (Lipinski definition) is 5. The summed E-state index contributed by atoms with van der Waals surface area (Å²) in [5, 5.41) is 14.5. The van der Waals surface area contributed by atoms with E-state index in [4.69, 9.17) is 4.74 Å². The van der Waals surface area contributed by atoms with Gasteiger partial charge in [0.15, 0.2) is 0 Å². The van der Waals surface area contributed by atoms with Gasteiger partial charge in [0.2, 0.25) is 0 Å². The van der Waals surface area contributed by atoms with Crippen LogP contribution in [0.1, 0.15) is 19.8 Å². The predicted molar refractivity (Wildman–Crippen MR) is 79.5 cm³/mol. The highest BCUT2D eigenvalue weighted by atomic mass is 16.6. The molecular weight excluding hydrogens is 258 g/mol. The molecule has 0 amide bonds. The number of ether oxygens (including phenoxy) is 1. The van der Waals surface area contributed by atoms with Crippen molar-refractivity contribution in [2.24, 2.45) is 0 Å². The van der Waals surface area contributed by atoms with Crippen LogP contribution in [0.3, 0.4) is 0 Å². The summed E-state index contributed by atoms with van der Waals surface area (Å²) in [5.41, 5.74) is 1.43. The molecule has 2 rings (SSSR count). The number of hydrogen-bond donors (Lipinski definition) is 1. The Morgan fingerprint density at radius 1 is 1.50 bits per heavy atom. The van der Waals surface area contributed by atoms with Crippen LogP contribution >= 0.6 is 0 Å². The number of nitro groups is 1. The van der Waals surface area contributed by atoms with Crippen molar-refractivity contribution in [3.05, 3.63) is 28.3 Å². The van der Waals surface area contributed by atoms with Crippen molar-refractivity contribution >= 4 is 17.1 Å². The van der Waals surface area contributed by atoms with Gasteiger partial charge < -0.3 is 15.0 Å². The lowest BCUT2D eigenvalue weighted by molar-refractivity contribution is -0.383. The third kappa shape index (κ3) is 3.19. The molecule has 1 aromatic carbocycles.